The second-order valence-corrected chi connectivity index (χ2v) is 9.21. The van der Waals surface area contributed by atoms with Crippen molar-refractivity contribution in [3.63, 3.8) is 0 Å². The van der Waals surface area contributed by atoms with Crippen LogP contribution < -0.4 is 0 Å². The van der Waals surface area contributed by atoms with Crippen LogP contribution in [0.3, 0.4) is 0 Å². The molecule has 0 atom stereocenters. The van der Waals surface area contributed by atoms with E-state index in [4.69, 9.17) is 4.98 Å². The minimum Gasteiger partial charge on any atom is -0.261 e. The minimum absolute atomic E-state index is 0.728. The van der Waals surface area contributed by atoms with Gasteiger partial charge < -0.3 is 0 Å². The lowest BCUT2D eigenvalue weighted by Crippen LogP contribution is -2.15. The molecule has 2 aliphatic carbocycles. The molecule has 0 radical (unpaired) electrons. The molecule has 0 aromatic carbocycles. The third-order valence-corrected chi connectivity index (χ3v) is 7.44. The molecular weight excluding hydrogens is 314 g/mol. The lowest BCUT2D eigenvalue weighted by molar-refractivity contribution is 0.299. The Labute approximate surface area is 162 Å². The minimum atomic E-state index is 0.728. The van der Waals surface area contributed by atoms with Crippen LogP contribution in [0.2, 0.25) is 0 Å². The fraction of sp³-hybridized carbons (Fsp3) is 0.800. The highest BCUT2D eigenvalue weighted by molar-refractivity contribution is 5.21. The van der Waals surface area contributed by atoms with Gasteiger partial charge in [0.15, 0.2) is 0 Å². The first-order valence-electron chi connectivity index (χ1n) is 11.8. The summed E-state index contributed by atoms with van der Waals surface area (Å²) in [7, 11) is 0. The van der Waals surface area contributed by atoms with Crippen molar-refractivity contribution in [1.82, 2.24) is 4.98 Å². The van der Waals surface area contributed by atoms with Gasteiger partial charge in [0, 0.05) is 17.8 Å². The molecule has 26 heavy (non-hydrogen) atoms. The molecule has 0 unspecified atom stereocenters. The Morgan fingerprint density at radius 2 is 1.46 bits per heavy atom. The van der Waals surface area contributed by atoms with E-state index in [0.29, 0.717) is 0 Å². The number of hydrogen-bond donors (Lipinski definition) is 0. The average molecular weight is 356 g/mol. The van der Waals surface area contributed by atoms with Gasteiger partial charge in [-0.2, -0.15) is 0 Å². The summed E-state index contributed by atoms with van der Waals surface area (Å²) in [6, 6.07) is 4.78. The van der Waals surface area contributed by atoms with E-state index in [1.807, 2.05) is 0 Å². The first kappa shape index (κ1) is 19.9. The second-order valence-electron chi connectivity index (χ2n) is 9.21. The molecule has 1 aromatic heterocycles. The Morgan fingerprint density at radius 3 is 2.08 bits per heavy atom. The summed E-state index contributed by atoms with van der Waals surface area (Å²) in [6.45, 7) is 4.65. The maximum atomic E-state index is 4.93. The van der Waals surface area contributed by atoms with Crippen LogP contribution in [0.25, 0.3) is 0 Å². The van der Waals surface area contributed by atoms with Crippen molar-refractivity contribution < 1.29 is 0 Å². The van der Waals surface area contributed by atoms with E-state index in [1.165, 1.54) is 101 Å². The number of pyridine rings is 1. The summed E-state index contributed by atoms with van der Waals surface area (Å²) in [5, 5.41) is 0. The van der Waals surface area contributed by atoms with E-state index in [0.717, 1.165) is 23.7 Å². The van der Waals surface area contributed by atoms with Crippen LogP contribution in [-0.2, 0) is 0 Å². The molecule has 1 heteroatoms. The molecule has 0 saturated heterocycles. The molecule has 1 nitrogen and oxygen atoms in total. The first-order chi connectivity index (χ1) is 12.8. The predicted molar refractivity (Wildman–Crippen MR) is 113 cm³/mol. The molecule has 1 aromatic rings. The van der Waals surface area contributed by atoms with Gasteiger partial charge in [0.1, 0.15) is 0 Å². The monoisotopic (exact) mass is 355 g/mol. The van der Waals surface area contributed by atoms with Crippen molar-refractivity contribution in [2.45, 2.75) is 116 Å². The van der Waals surface area contributed by atoms with Gasteiger partial charge >= 0.3 is 0 Å². The molecule has 2 aliphatic rings. The van der Waals surface area contributed by atoms with Gasteiger partial charge in [-0.1, -0.05) is 58.4 Å². The van der Waals surface area contributed by atoms with Crippen LogP contribution in [0.1, 0.15) is 127 Å². The van der Waals surface area contributed by atoms with Crippen molar-refractivity contribution in [2.24, 2.45) is 11.8 Å². The molecular formula is C25H41N. The summed E-state index contributed by atoms with van der Waals surface area (Å²) in [6.07, 6.45) is 21.9. The van der Waals surface area contributed by atoms with E-state index in [2.05, 4.69) is 32.2 Å². The Morgan fingerprint density at radius 1 is 0.769 bits per heavy atom. The third-order valence-electron chi connectivity index (χ3n) is 7.44. The lowest BCUT2D eigenvalue weighted by atomic mass is 9.77. The Hall–Kier alpha value is -0.850. The van der Waals surface area contributed by atoms with Crippen molar-refractivity contribution in [1.29, 1.82) is 0 Å². The Bertz CT molecular complexity index is 489. The number of hydrogen-bond acceptors (Lipinski definition) is 1. The molecule has 146 valence electrons. The zero-order chi connectivity index (χ0) is 18.2. The largest absolute Gasteiger partial charge is 0.261 e. The molecule has 3 rings (SSSR count). The smallest absolute Gasteiger partial charge is 0.0434 e. The number of rotatable bonds is 8. The SMILES string of the molecule is CCCCCCC1CCC(c2ccc(C3CCC(CC)CC3)cn2)CC1. The Balaban J connectivity index is 1.43. The van der Waals surface area contributed by atoms with Gasteiger partial charge in [-0.05, 0) is 80.8 Å². The maximum Gasteiger partial charge on any atom is 0.0434 e. The van der Waals surface area contributed by atoms with E-state index in [1.54, 1.807) is 0 Å². The van der Waals surface area contributed by atoms with Gasteiger partial charge in [0.05, 0.1) is 0 Å². The molecule has 0 N–H and O–H groups in total. The van der Waals surface area contributed by atoms with Crippen LogP contribution in [0.4, 0.5) is 0 Å². The van der Waals surface area contributed by atoms with Crippen LogP contribution in [0.5, 0.6) is 0 Å². The molecule has 0 bridgehead atoms. The number of unbranched alkanes of at least 4 members (excludes halogenated alkanes) is 3. The topological polar surface area (TPSA) is 12.9 Å². The molecule has 2 saturated carbocycles. The fourth-order valence-electron chi connectivity index (χ4n) is 5.41. The van der Waals surface area contributed by atoms with Gasteiger partial charge in [0.25, 0.3) is 0 Å². The van der Waals surface area contributed by atoms with E-state index in [9.17, 15) is 0 Å². The quantitative estimate of drug-likeness (QED) is 0.430. The Kier molecular flexibility index (Phi) is 8.02. The van der Waals surface area contributed by atoms with E-state index in [-0.39, 0.29) is 0 Å². The zero-order valence-corrected chi connectivity index (χ0v) is 17.4. The van der Waals surface area contributed by atoms with Gasteiger partial charge in [-0.15, -0.1) is 0 Å². The molecule has 1 heterocycles. The molecule has 0 aliphatic heterocycles. The molecule has 0 amide bonds. The molecule has 0 spiro atoms. The standard InChI is InChI=1S/C25H41N/c1-3-5-6-7-8-21-11-15-23(16-12-21)25-18-17-24(19-26-25)22-13-9-20(4-2)10-14-22/h17-23H,3-16H2,1-2H3. The van der Waals surface area contributed by atoms with Crippen molar-refractivity contribution in [3.05, 3.63) is 29.6 Å². The van der Waals surface area contributed by atoms with Crippen molar-refractivity contribution in [3.8, 4) is 0 Å². The van der Waals surface area contributed by atoms with Crippen LogP contribution >= 0.6 is 0 Å². The van der Waals surface area contributed by atoms with E-state index < -0.39 is 0 Å². The van der Waals surface area contributed by atoms with E-state index >= 15 is 0 Å². The van der Waals surface area contributed by atoms with Crippen LogP contribution in [0.15, 0.2) is 18.3 Å². The average Bonchev–Trinajstić information content (AvgIpc) is 2.72. The van der Waals surface area contributed by atoms with Crippen molar-refractivity contribution >= 4 is 0 Å². The summed E-state index contributed by atoms with van der Waals surface area (Å²) in [5.41, 5.74) is 2.88. The maximum absolute atomic E-state index is 4.93. The summed E-state index contributed by atoms with van der Waals surface area (Å²) in [4.78, 5) is 4.93. The highest BCUT2D eigenvalue weighted by atomic mass is 14.7. The normalized spacial score (nSPS) is 29.6. The first-order valence-corrected chi connectivity index (χ1v) is 11.8. The molecule has 2 fully saturated rings. The fourth-order valence-corrected chi connectivity index (χ4v) is 5.41. The van der Waals surface area contributed by atoms with Crippen LogP contribution in [0, 0.1) is 11.8 Å². The highest BCUT2D eigenvalue weighted by Gasteiger charge is 2.24. The summed E-state index contributed by atoms with van der Waals surface area (Å²) < 4.78 is 0. The van der Waals surface area contributed by atoms with Crippen LogP contribution in [-0.4, -0.2) is 4.98 Å². The van der Waals surface area contributed by atoms with Gasteiger partial charge in [-0.3, -0.25) is 4.98 Å². The number of aromatic nitrogens is 1. The zero-order valence-electron chi connectivity index (χ0n) is 17.4. The van der Waals surface area contributed by atoms with Gasteiger partial charge in [-0.25, -0.2) is 0 Å². The number of nitrogens with zero attached hydrogens (tertiary/aromatic N) is 1. The van der Waals surface area contributed by atoms with Crippen molar-refractivity contribution in [2.75, 3.05) is 0 Å². The third kappa shape index (κ3) is 5.57. The van der Waals surface area contributed by atoms with Gasteiger partial charge in [0.2, 0.25) is 0 Å². The highest BCUT2D eigenvalue weighted by Crippen LogP contribution is 2.39. The predicted octanol–water partition coefficient (Wildman–Crippen LogP) is 8.01. The second kappa shape index (κ2) is 10.5. The summed E-state index contributed by atoms with van der Waals surface area (Å²) >= 11 is 0. The summed E-state index contributed by atoms with van der Waals surface area (Å²) in [5.74, 6) is 3.48. The lowest BCUT2D eigenvalue weighted by Gasteiger charge is -2.29.